The third-order valence-corrected chi connectivity index (χ3v) is 23.9. The number of H-pyrrole nitrogens is 4. The molecule has 0 unspecified atom stereocenters. The number of aromatic carboxylic acids is 1. The van der Waals surface area contributed by atoms with Gasteiger partial charge in [0.05, 0.1) is 50.5 Å². The molecule has 0 bridgehead atoms. The van der Waals surface area contributed by atoms with E-state index in [2.05, 4.69) is 155 Å². The van der Waals surface area contributed by atoms with E-state index in [9.17, 15) is 52.7 Å². The number of carboxylic acids is 1. The number of aromatic amines is 4. The number of nitrogens with two attached hydrogens (primary N) is 1. The Balaban J connectivity index is 0.000000128. The molecule has 12 aromatic heterocycles. The number of rotatable bonds is 18. The number of methoxy groups -OCH3 is 1. The first kappa shape index (κ1) is 95.1. The Morgan fingerprint density at radius 2 is 0.662 bits per heavy atom. The summed E-state index contributed by atoms with van der Waals surface area (Å²) in [5, 5.41) is 35.2. The Morgan fingerprint density at radius 1 is 0.374 bits per heavy atom. The maximum atomic E-state index is 12.7. The number of fused-ring (bicyclic) bond motifs is 12. The van der Waals surface area contributed by atoms with Gasteiger partial charge in [0.2, 0.25) is 22.3 Å². The van der Waals surface area contributed by atoms with Crippen molar-refractivity contribution in [1.29, 1.82) is 0 Å². The molecule has 8 aromatic carbocycles. The van der Waals surface area contributed by atoms with Crippen LogP contribution in [0.4, 0.5) is 22.7 Å². The number of halogens is 8. The number of anilines is 4. The van der Waals surface area contributed by atoms with Crippen LogP contribution >= 0.6 is 110 Å². The molecule has 0 spiro atoms. The summed E-state index contributed by atoms with van der Waals surface area (Å²) in [6.07, 6.45) is 5.10. The number of nitrogens with zero attached hydrogens (tertiary/aromatic N) is 8. The van der Waals surface area contributed by atoms with Crippen LogP contribution in [-0.4, -0.2) is 132 Å². The number of hydrogen-bond donors (Lipinski definition) is 12. The summed E-state index contributed by atoms with van der Waals surface area (Å²) in [6.45, 7) is 0.505. The van der Waals surface area contributed by atoms with Crippen molar-refractivity contribution >= 4 is 263 Å². The summed E-state index contributed by atoms with van der Waals surface area (Å²) >= 11 is 39.6. The first-order valence-electron chi connectivity index (χ1n) is 40.6. The molecular formula is C95H58Br4Cl4N18O18. The fourth-order valence-electron chi connectivity index (χ4n) is 14.0. The molecule has 0 saturated carbocycles. The van der Waals surface area contributed by atoms with Crippen LogP contribution in [0.15, 0.2) is 274 Å². The third kappa shape index (κ3) is 20.7. The van der Waals surface area contributed by atoms with E-state index in [-0.39, 0.29) is 112 Å². The van der Waals surface area contributed by atoms with E-state index in [1.165, 1.54) is 86.4 Å². The first-order valence-corrected chi connectivity index (χ1v) is 45.3. The van der Waals surface area contributed by atoms with Gasteiger partial charge in [-0.05, 0) is 194 Å². The van der Waals surface area contributed by atoms with Gasteiger partial charge in [0, 0.05) is 122 Å². The monoisotopic (exact) mass is 2190 g/mol. The topological polar surface area (TPSA) is 542 Å². The molecule has 0 saturated heterocycles. The molecule has 44 heteroatoms. The van der Waals surface area contributed by atoms with E-state index in [1.54, 1.807) is 91.0 Å². The Kier molecular flexibility index (Phi) is 27.9. The lowest BCUT2D eigenvalue weighted by Gasteiger charge is -2.09. The number of aromatic nitrogens is 12. The van der Waals surface area contributed by atoms with Gasteiger partial charge in [-0.15, -0.1) is 0 Å². The lowest BCUT2D eigenvalue weighted by Crippen LogP contribution is -2.29. The third-order valence-electron chi connectivity index (χ3n) is 20.7. The molecule has 139 heavy (non-hydrogen) atoms. The van der Waals surface area contributed by atoms with Crippen LogP contribution in [0.25, 0.3) is 134 Å². The molecule has 20 aromatic rings. The summed E-state index contributed by atoms with van der Waals surface area (Å²) < 4.78 is 30.5. The van der Waals surface area contributed by atoms with Crippen molar-refractivity contribution in [3.63, 3.8) is 0 Å². The van der Waals surface area contributed by atoms with Crippen LogP contribution in [-0.2, 0) is 11.3 Å². The molecule has 20 rings (SSSR count). The maximum Gasteiger partial charge on any atom is 0.339 e. The molecular weight excluding hydrogens is 2140 g/mol. The number of amides is 5. The number of aliphatic hydroxyl groups is 1. The number of carbonyl (C=O) groups excluding carboxylic acids is 6. The van der Waals surface area contributed by atoms with Crippen LogP contribution in [0, 0.1) is 0 Å². The summed E-state index contributed by atoms with van der Waals surface area (Å²) in [5.41, 5.74) is 13.0. The van der Waals surface area contributed by atoms with Gasteiger partial charge in [0.1, 0.15) is 90.5 Å². The van der Waals surface area contributed by atoms with Crippen LogP contribution in [0.2, 0.25) is 20.1 Å². The number of furan rings is 4. The molecule has 36 nitrogen and oxygen atoms in total. The number of nitrogens with one attached hydrogen (secondary N) is 9. The van der Waals surface area contributed by atoms with Crippen LogP contribution in [0.1, 0.15) is 78.6 Å². The predicted molar refractivity (Wildman–Crippen MR) is 535 cm³/mol. The van der Waals surface area contributed by atoms with Crippen molar-refractivity contribution in [3.05, 3.63) is 343 Å². The summed E-state index contributed by atoms with van der Waals surface area (Å²) in [7, 11) is 1.26. The highest BCUT2D eigenvalue weighted by molar-refractivity contribution is 9.11. The Labute approximate surface area is 830 Å². The lowest BCUT2D eigenvalue weighted by molar-refractivity contribution is 0.0598. The van der Waals surface area contributed by atoms with Crippen LogP contribution < -0.4 is 54.6 Å². The summed E-state index contributed by atoms with van der Waals surface area (Å²) in [5.74, 6) is -2.91. The van der Waals surface area contributed by atoms with E-state index in [0.29, 0.717) is 135 Å². The average Bonchev–Trinajstić information content (AvgIpc) is 1.63. The summed E-state index contributed by atoms with van der Waals surface area (Å²) in [4.78, 5) is 180. The predicted octanol–water partition coefficient (Wildman–Crippen LogP) is 19.3. The van der Waals surface area contributed by atoms with Crippen LogP contribution in [0.3, 0.4) is 0 Å². The number of ether oxygens (including phenoxy) is 1. The number of carboxylic acid groups (broad SMARTS) is 1. The van der Waals surface area contributed by atoms with Gasteiger partial charge in [-0.25, -0.2) is 29.5 Å². The molecule has 0 atom stereocenters. The zero-order valence-corrected chi connectivity index (χ0v) is 79.9. The standard InChI is InChI=1S/C25H18BrClN6O4.C24H14BrClN4O5.C23H12BrClN4O5.C23H14BrClN4O4/c26-13-2-6-19-16(9-13)20-21(37-19)25(36)33-22(32-20)15-4-3-14(10-17(15)27)31-24(35)18-5-1-12(11-30-18)23(34)29-8-7-28;1-34-24(33)11-2-6-17(27-10-11)22(31)28-13-4-5-14(16(26)9-13)21-29-19-15-8-12(25)3-7-18(15)35-20(19)23(32)30-21;24-11-2-6-17-14(7-11)18-19(34-17)22(31)29-20(28-18)13-4-3-12(8-15(13)25)27-21(30)16-5-1-10(9-26-16)23(32)33;24-12-2-6-18-15(7-12)19-20(33-18)23(32)29-21(28-19)14-4-3-13(8-16(14)25)27-22(31)17-5-1-11(10-30)9-26-17/h1-6,9-11H,7-8,28H2,(H,29,34)(H,31,35)(H,32,33,36);2-10H,1H3,(H,28,31)(H,29,30,32);1-9H,(H,27,30)(H,32,33)(H,28,29,31);1-9,30H,10H2,(H,27,31)(H,28,29,32). The fourth-order valence-corrected chi connectivity index (χ4v) is 16.5. The highest BCUT2D eigenvalue weighted by Gasteiger charge is 2.25. The van der Waals surface area contributed by atoms with E-state index in [1.807, 2.05) is 42.5 Å². The molecule has 5 amide bonds. The zero-order valence-electron chi connectivity index (χ0n) is 70.5. The van der Waals surface area contributed by atoms with Crippen molar-refractivity contribution in [3.8, 4) is 45.6 Å². The molecule has 0 aliphatic heterocycles. The second kappa shape index (κ2) is 40.7. The highest BCUT2D eigenvalue weighted by atomic mass is 79.9. The van der Waals surface area contributed by atoms with Gasteiger partial charge in [-0.3, -0.25) is 63.1 Å². The number of pyridine rings is 4. The quantitative estimate of drug-likeness (QED) is 0.0355. The van der Waals surface area contributed by atoms with Gasteiger partial charge >= 0.3 is 11.9 Å². The minimum Gasteiger partial charge on any atom is -0.478 e. The van der Waals surface area contributed by atoms with Crippen molar-refractivity contribution in [2.24, 2.45) is 5.73 Å². The van der Waals surface area contributed by atoms with E-state index < -0.39 is 57.8 Å². The molecule has 13 N–H and O–H groups in total. The molecule has 0 aliphatic carbocycles. The molecule has 0 radical (unpaired) electrons. The molecule has 0 fully saturated rings. The number of hydrogen-bond acceptors (Lipinski definition) is 26. The van der Waals surface area contributed by atoms with Gasteiger partial charge in [-0.2, -0.15) is 0 Å². The number of carbonyl (C=O) groups is 7. The van der Waals surface area contributed by atoms with Crippen molar-refractivity contribution < 1.29 is 66.2 Å². The molecule has 0 aliphatic rings. The Hall–Kier alpha value is -15.6. The number of benzene rings is 8. The second-order valence-electron chi connectivity index (χ2n) is 29.8. The number of esters is 1. The summed E-state index contributed by atoms with van der Waals surface area (Å²) in [6, 6.07) is 52.3. The molecule has 12 heterocycles. The largest absolute Gasteiger partial charge is 0.478 e. The fraction of sp³-hybridized carbons (Fsp3) is 0.0421. The normalized spacial score (nSPS) is 11.1. The average molecular weight is 2200 g/mol. The SMILES string of the molecule is COC(=O)c1ccc(C(=O)Nc2ccc(-c3nc4c(oc5ccc(Br)cc54)c(=O)[nH]3)c(Cl)c2)nc1.NCCNC(=O)c1ccc(C(=O)Nc2ccc(-c3nc4c(oc5ccc(Br)cc54)c(=O)[nH]3)c(Cl)c2)nc1.O=C(Nc1ccc(-c2nc3c(oc4ccc(Br)cc43)c(=O)[nH]2)c(Cl)c1)c1ccc(CO)cn1.O=C(O)c1ccc(C(=O)Nc2ccc(-c3nc4c(oc5ccc(Br)cc54)c(=O)[nH]3)c(Cl)c2)nc1. The zero-order chi connectivity index (χ0) is 97.9. The van der Waals surface area contributed by atoms with Gasteiger partial charge in [0.15, 0.2) is 0 Å². The lowest BCUT2D eigenvalue weighted by atomic mass is 10.1. The first-order chi connectivity index (χ1) is 66.9. The van der Waals surface area contributed by atoms with E-state index in [0.717, 1.165) is 24.1 Å². The van der Waals surface area contributed by atoms with Crippen molar-refractivity contribution in [2.45, 2.75) is 6.61 Å². The highest BCUT2D eigenvalue weighted by Crippen LogP contribution is 2.39. The van der Waals surface area contributed by atoms with Gasteiger partial charge < -0.3 is 84.9 Å². The molecule has 692 valence electrons. The maximum absolute atomic E-state index is 12.7. The Morgan fingerprint density at radius 3 is 0.914 bits per heavy atom. The van der Waals surface area contributed by atoms with Crippen molar-refractivity contribution in [1.82, 2.24) is 65.1 Å². The minimum atomic E-state index is -1.14. The van der Waals surface area contributed by atoms with E-state index >= 15 is 0 Å². The number of aliphatic hydroxyl groups excluding tert-OH is 1. The van der Waals surface area contributed by atoms with Crippen LogP contribution in [0.5, 0.6) is 0 Å². The van der Waals surface area contributed by atoms with Crippen molar-refractivity contribution in [2.75, 3.05) is 41.5 Å². The van der Waals surface area contributed by atoms with Gasteiger partial charge in [-0.1, -0.05) is 116 Å². The smallest absolute Gasteiger partial charge is 0.339 e. The second-order valence-corrected chi connectivity index (χ2v) is 35.1. The van der Waals surface area contributed by atoms with Gasteiger partial charge in [0.25, 0.3) is 51.8 Å². The minimum absolute atomic E-state index is 0.0276. The van der Waals surface area contributed by atoms with E-state index in [4.69, 9.17) is 80.0 Å². The Bertz CT molecular complexity index is 8700.